The smallest absolute Gasteiger partial charge is 0.155 e. The topological polar surface area (TPSA) is 29.9 Å². The standard InChI is InChI=1S/C47H42N2O/c1-8-12-24-41-31(5)32(6)45(49(41)36-27-25-34(26-28-36)33-20-15-13-16-21-33)43-42(11-4)50-46-39(47(43,7)35-22-17-14-18-23-35)30-29-38-37(19-9-2)40(10-3)48-44(38)46/h8-30,48H,1,3-4H2,2,5-7H3/b19-9-,24-12-. The van der Waals surface area contributed by atoms with Crippen LogP contribution >= 0.6 is 0 Å². The Hall–Kier alpha value is -6.06. The fourth-order valence-electron chi connectivity index (χ4n) is 7.58. The molecule has 0 spiro atoms. The summed E-state index contributed by atoms with van der Waals surface area (Å²) in [5.74, 6) is 1.53. The highest BCUT2D eigenvalue weighted by Crippen LogP contribution is 2.55. The minimum absolute atomic E-state index is 0.622. The molecule has 6 aromatic rings. The molecule has 7 rings (SSSR count). The predicted molar refractivity (Wildman–Crippen MR) is 214 cm³/mol. The van der Waals surface area contributed by atoms with Gasteiger partial charge in [-0.3, -0.25) is 0 Å². The Bertz CT molecular complexity index is 2360. The lowest BCUT2D eigenvalue weighted by Gasteiger charge is -2.40. The molecular formula is C47H42N2O. The Balaban J connectivity index is 1.56. The highest BCUT2D eigenvalue weighted by molar-refractivity contribution is 6.00. The van der Waals surface area contributed by atoms with Crippen LogP contribution in [-0.2, 0) is 5.41 Å². The van der Waals surface area contributed by atoms with Gasteiger partial charge in [0, 0.05) is 39.2 Å². The molecule has 0 radical (unpaired) electrons. The van der Waals surface area contributed by atoms with Crippen LogP contribution in [0.15, 0.2) is 147 Å². The molecule has 1 unspecified atom stereocenters. The van der Waals surface area contributed by atoms with Crippen molar-refractivity contribution in [2.45, 2.75) is 33.1 Å². The van der Waals surface area contributed by atoms with E-state index in [0.717, 1.165) is 67.4 Å². The van der Waals surface area contributed by atoms with Gasteiger partial charge in [0.1, 0.15) is 5.76 Å². The van der Waals surface area contributed by atoms with Gasteiger partial charge in [0.25, 0.3) is 0 Å². The van der Waals surface area contributed by atoms with Gasteiger partial charge in [-0.1, -0.05) is 129 Å². The summed E-state index contributed by atoms with van der Waals surface area (Å²) in [5, 5.41) is 1.09. The maximum absolute atomic E-state index is 7.05. The summed E-state index contributed by atoms with van der Waals surface area (Å²) in [6.07, 6.45) is 13.9. The highest BCUT2D eigenvalue weighted by atomic mass is 16.5. The number of allylic oxidation sites excluding steroid dienone is 5. The second kappa shape index (κ2) is 13.1. The molecule has 0 fully saturated rings. The van der Waals surface area contributed by atoms with Crippen molar-refractivity contribution in [1.29, 1.82) is 0 Å². The number of benzene rings is 4. The lowest BCUT2D eigenvalue weighted by atomic mass is 9.67. The Labute approximate surface area is 295 Å². The summed E-state index contributed by atoms with van der Waals surface area (Å²) in [4.78, 5) is 3.64. The van der Waals surface area contributed by atoms with E-state index in [1.165, 1.54) is 22.3 Å². The number of aromatic amines is 1. The Kier molecular flexibility index (Phi) is 8.51. The summed E-state index contributed by atoms with van der Waals surface area (Å²) in [5.41, 5.74) is 13.6. The van der Waals surface area contributed by atoms with Crippen LogP contribution in [0.1, 0.15) is 58.7 Å². The van der Waals surface area contributed by atoms with Crippen LogP contribution in [0, 0.1) is 13.8 Å². The average molecular weight is 651 g/mol. The number of hydrogen-bond donors (Lipinski definition) is 1. The number of hydrogen-bond acceptors (Lipinski definition) is 1. The van der Waals surface area contributed by atoms with Gasteiger partial charge in [-0.2, -0.15) is 0 Å². The normalized spacial score (nSPS) is 15.8. The first-order valence-corrected chi connectivity index (χ1v) is 17.1. The van der Waals surface area contributed by atoms with Gasteiger partial charge >= 0.3 is 0 Å². The number of H-pyrrole nitrogens is 1. The molecule has 1 aliphatic heterocycles. The maximum atomic E-state index is 7.05. The van der Waals surface area contributed by atoms with Gasteiger partial charge < -0.3 is 14.3 Å². The lowest BCUT2D eigenvalue weighted by molar-refractivity contribution is 0.417. The molecule has 3 nitrogen and oxygen atoms in total. The monoisotopic (exact) mass is 650 g/mol. The second-order valence-electron chi connectivity index (χ2n) is 12.9. The van der Waals surface area contributed by atoms with Gasteiger partial charge in [-0.25, -0.2) is 0 Å². The minimum Gasteiger partial charge on any atom is -0.454 e. The fourth-order valence-corrected chi connectivity index (χ4v) is 7.58. The number of nitrogens with zero attached hydrogens (tertiary/aromatic N) is 1. The summed E-state index contributed by atoms with van der Waals surface area (Å²) in [6.45, 7) is 21.2. The molecule has 1 atom stereocenters. The van der Waals surface area contributed by atoms with Crippen molar-refractivity contribution in [3.63, 3.8) is 0 Å². The van der Waals surface area contributed by atoms with E-state index in [9.17, 15) is 0 Å². The van der Waals surface area contributed by atoms with Crippen LogP contribution < -0.4 is 4.74 Å². The van der Waals surface area contributed by atoms with Crippen LogP contribution in [0.5, 0.6) is 5.75 Å². The third-order valence-electron chi connectivity index (χ3n) is 10.2. The fraction of sp³-hybridized carbons (Fsp3) is 0.106. The minimum atomic E-state index is -0.622. The van der Waals surface area contributed by atoms with Crippen LogP contribution in [0.2, 0.25) is 0 Å². The van der Waals surface area contributed by atoms with E-state index >= 15 is 0 Å². The molecule has 1 aliphatic rings. The van der Waals surface area contributed by atoms with Gasteiger partial charge in [0.2, 0.25) is 0 Å². The molecule has 3 heteroatoms. The quantitative estimate of drug-likeness (QED) is 0.155. The van der Waals surface area contributed by atoms with Crippen LogP contribution in [0.25, 0.3) is 51.5 Å². The molecule has 4 aromatic carbocycles. The van der Waals surface area contributed by atoms with E-state index < -0.39 is 5.41 Å². The summed E-state index contributed by atoms with van der Waals surface area (Å²) < 4.78 is 9.42. The van der Waals surface area contributed by atoms with Crippen LogP contribution in [0.4, 0.5) is 0 Å². The Morgan fingerprint density at radius 3 is 2.08 bits per heavy atom. The van der Waals surface area contributed by atoms with E-state index in [0.29, 0.717) is 0 Å². The largest absolute Gasteiger partial charge is 0.454 e. The molecule has 0 amide bonds. The SMILES string of the molecule is C=C/C=C\c1c(C)c(C)c(C2=C(C=C)Oc3c(ccc4c(/C=C\C)c(C=C)[nH]c34)C2(C)c2ccccc2)n1-c1ccc(-c2ccccc2)cc1. The van der Waals surface area contributed by atoms with E-state index in [1.807, 2.05) is 37.3 Å². The first-order chi connectivity index (χ1) is 24.4. The molecular weight excluding hydrogens is 609 g/mol. The molecule has 2 aromatic heterocycles. The Morgan fingerprint density at radius 1 is 0.760 bits per heavy atom. The van der Waals surface area contributed by atoms with Crippen molar-refractivity contribution in [1.82, 2.24) is 9.55 Å². The molecule has 50 heavy (non-hydrogen) atoms. The van der Waals surface area contributed by atoms with Crippen molar-refractivity contribution in [2.24, 2.45) is 0 Å². The molecule has 3 heterocycles. The van der Waals surface area contributed by atoms with Gasteiger partial charge in [-0.05, 0) is 85.9 Å². The van der Waals surface area contributed by atoms with Crippen molar-refractivity contribution >= 4 is 34.7 Å². The molecule has 0 saturated carbocycles. The number of ether oxygens (including phenoxy) is 1. The molecule has 0 bridgehead atoms. The Morgan fingerprint density at radius 2 is 1.44 bits per heavy atom. The maximum Gasteiger partial charge on any atom is 0.155 e. The van der Waals surface area contributed by atoms with E-state index in [2.05, 4.69) is 159 Å². The average Bonchev–Trinajstić information content (AvgIpc) is 3.64. The lowest BCUT2D eigenvalue weighted by Crippen LogP contribution is -2.32. The third kappa shape index (κ3) is 5.05. The van der Waals surface area contributed by atoms with Gasteiger partial charge in [0.05, 0.1) is 16.6 Å². The van der Waals surface area contributed by atoms with Gasteiger partial charge in [0.15, 0.2) is 5.75 Å². The first kappa shape index (κ1) is 32.5. The zero-order valence-corrected chi connectivity index (χ0v) is 29.3. The van der Waals surface area contributed by atoms with Crippen LogP contribution in [-0.4, -0.2) is 9.55 Å². The molecule has 0 aliphatic carbocycles. The molecule has 0 saturated heterocycles. The summed E-state index contributed by atoms with van der Waals surface area (Å²) in [7, 11) is 0. The molecule has 246 valence electrons. The number of rotatable bonds is 9. The number of aromatic nitrogens is 2. The first-order valence-electron chi connectivity index (χ1n) is 17.1. The van der Waals surface area contributed by atoms with Crippen molar-refractivity contribution < 1.29 is 4.74 Å². The van der Waals surface area contributed by atoms with Gasteiger partial charge in [-0.15, -0.1) is 0 Å². The van der Waals surface area contributed by atoms with E-state index in [1.54, 1.807) is 0 Å². The summed E-state index contributed by atoms with van der Waals surface area (Å²) >= 11 is 0. The van der Waals surface area contributed by atoms with Crippen molar-refractivity contribution in [2.75, 3.05) is 0 Å². The van der Waals surface area contributed by atoms with Crippen molar-refractivity contribution in [3.05, 3.63) is 192 Å². The van der Waals surface area contributed by atoms with Crippen LogP contribution in [0.3, 0.4) is 0 Å². The third-order valence-corrected chi connectivity index (χ3v) is 10.2. The van der Waals surface area contributed by atoms with Crippen molar-refractivity contribution in [3.8, 4) is 22.6 Å². The van der Waals surface area contributed by atoms with E-state index in [-0.39, 0.29) is 0 Å². The summed E-state index contributed by atoms with van der Waals surface area (Å²) in [6, 6.07) is 34.5. The zero-order chi connectivity index (χ0) is 35.0. The zero-order valence-electron chi connectivity index (χ0n) is 29.3. The number of nitrogens with one attached hydrogen (secondary N) is 1. The molecule has 1 N–H and O–H groups in total. The number of fused-ring (bicyclic) bond motifs is 3. The predicted octanol–water partition coefficient (Wildman–Crippen LogP) is 12.4. The highest BCUT2D eigenvalue weighted by Gasteiger charge is 2.45. The second-order valence-corrected chi connectivity index (χ2v) is 12.9. The van der Waals surface area contributed by atoms with E-state index in [4.69, 9.17) is 4.74 Å².